The van der Waals surface area contributed by atoms with E-state index in [0.29, 0.717) is 16.8 Å². The lowest BCUT2D eigenvalue weighted by Gasteiger charge is -2.18. The van der Waals surface area contributed by atoms with Gasteiger partial charge in [-0.05, 0) is 18.2 Å². The first-order valence-electron chi connectivity index (χ1n) is 7.74. The molecule has 27 heavy (non-hydrogen) atoms. The quantitative estimate of drug-likeness (QED) is 0.848. The Hall–Kier alpha value is -3.07. The zero-order chi connectivity index (χ0) is 19.8. The van der Waals surface area contributed by atoms with Crippen molar-refractivity contribution in [3.05, 3.63) is 66.2 Å². The van der Waals surface area contributed by atoms with E-state index >= 15 is 0 Å². The van der Waals surface area contributed by atoms with Crippen LogP contribution >= 0.6 is 0 Å². The van der Waals surface area contributed by atoms with Crippen molar-refractivity contribution in [2.24, 2.45) is 0 Å². The molecule has 9 heteroatoms. The summed E-state index contributed by atoms with van der Waals surface area (Å²) in [6, 6.07) is 11.5. The van der Waals surface area contributed by atoms with Crippen molar-refractivity contribution >= 4 is 33.0 Å². The van der Waals surface area contributed by atoms with Gasteiger partial charge >= 0.3 is 5.76 Å². The maximum atomic E-state index is 12.8. The number of amides is 2. The molecule has 0 aromatic heterocycles. The zero-order valence-corrected chi connectivity index (χ0v) is 14.7. The van der Waals surface area contributed by atoms with Crippen LogP contribution in [0.3, 0.4) is 0 Å². The van der Waals surface area contributed by atoms with Crippen LogP contribution in [0.15, 0.2) is 60.0 Å². The molecule has 0 spiro atoms. The molecule has 140 valence electrons. The number of hydrogen-bond acceptors (Lipinski definition) is 4. The fraction of sp³-hybridized carbons (Fsp3) is 0.111. The fourth-order valence-corrected chi connectivity index (χ4v) is 3.63. The minimum Gasteiger partial charge on any atom is -0.323 e. The molecule has 1 N–H and O–H groups in total. The maximum absolute atomic E-state index is 12.8. The van der Waals surface area contributed by atoms with E-state index in [0.717, 1.165) is 11.0 Å². The number of anilines is 1. The molecular formula is C18H14F2N2O4S. The number of hydrogen-bond donors (Lipinski definition) is 1. The number of fused-ring (bicyclic) bond motifs is 1. The van der Waals surface area contributed by atoms with Crippen LogP contribution in [0.2, 0.25) is 0 Å². The van der Waals surface area contributed by atoms with Gasteiger partial charge in [-0.3, -0.25) is 14.5 Å². The van der Waals surface area contributed by atoms with E-state index < -0.39 is 38.8 Å². The molecule has 0 bridgehead atoms. The lowest BCUT2D eigenvalue weighted by Crippen LogP contribution is -2.33. The summed E-state index contributed by atoms with van der Waals surface area (Å²) in [5.41, 5.74) is 1.05. The fourth-order valence-electron chi connectivity index (χ4n) is 2.75. The third kappa shape index (κ3) is 3.33. The van der Waals surface area contributed by atoms with Gasteiger partial charge < -0.3 is 5.32 Å². The minimum absolute atomic E-state index is 0.280. The van der Waals surface area contributed by atoms with Crippen LogP contribution in [-0.2, 0) is 14.6 Å². The number of para-hydroxylation sites is 1. The first kappa shape index (κ1) is 18.7. The largest absolute Gasteiger partial charge is 0.341 e. The smallest absolute Gasteiger partial charge is 0.323 e. The van der Waals surface area contributed by atoms with E-state index in [4.69, 9.17) is 0 Å². The Morgan fingerprint density at radius 3 is 2.30 bits per heavy atom. The minimum atomic E-state index is -4.89. The van der Waals surface area contributed by atoms with Crippen LogP contribution in [0, 0.1) is 0 Å². The van der Waals surface area contributed by atoms with Gasteiger partial charge in [0.15, 0.2) is 0 Å². The molecule has 0 unspecified atom stereocenters. The van der Waals surface area contributed by atoms with Crippen molar-refractivity contribution in [3.63, 3.8) is 0 Å². The van der Waals surface area contributed by atoms with Gasteiger partial charge in [-0.2, -0.15) is 8.78 Å². The zero-order valence-electron chi connectivity index (χ0n) is 13.9. The van der Waals surface area contributed by atoms with Crippen molar-refractivity contribution < 1.29 is 26.8 Å². The van der Waals surface area contributed by atoms with Gasteiger partial charge in [0, 0.05) is 16.8 Å². The molecule has 0 aliphatic carbocycles. The van der Waals surface area contributed by atoms with Gasteiger partial charge in [-0.15, -0.1) is 0 Å². The summed E-state index contributed by atoms with van der Waals surface area (Å²) in [4.78, 5) is 25.2. The molecule has 0 saturated carbocycles. The molecular weight excluding hydrogens is 378 g/mol. The summed E-state index contributed by atoms with van der Waals surface area (Å²) in [7, 11) is -4.89. The standard InChI is InChI=1S/C18H14F2N2O4S/c1-11-12-6-2-3-7-13(12)17(24)22(11)10-16(23)21-14-8-4-5-9-15(14)27(25,26)18(19)20/h2-9,18H,1,10H2,(H,21,23). The van der Waals surface area contributed by atoms with E-state index in [1.54, 1.807) is 24.3 Å². The molecule has 2 aromatic rings. The van der Waals surface area contributed by atoms with E-state index in [1.807, 2.05) is 0 Å². The average molecular weight is 392 g/mol. The van der Waals surface area contributed by atoms with E-state index in [2.05, 4.69) is 11.9 Å². The van der Waals surface area contributed by atoms with Gasteiger partial charge in [0.1, 0.15) is 6.54 Å². The SMILES string of the molecule is C=C1c2ccccc2C(=O)N1CC(=O)Nc1ccccc1S(=O)(=O)C(F)F. The van der Waals surface area contributed by atoms with Crippen molar-refractivity contribution in [2.75, 3.05) is 11.9 Å². The Labute approximate surface area is 154 Å². The van der Waals surface area contributed by atoms with Crippen LogP contribution in [0.1, 0.15) is 15.9 Å². The predicted molar refractivity (Wildman–Crippen MR) is 94.8 cm³/mol. The van der Waals surface area contributed by atoms with Crippen LogP contribution in [0.4, 0.5) is 14.5 Å². The summed E-state index contributed by atoms with van der Waals surface area (Å²) in [6.07, 6.45) is 0. The van der Waals surface area contributed by atoms with Gasteiger partial charge in [0.2, 0.25) is 15.7 Å². The number of carbonyl (C=O) groups excluding carboxylic acids is 2. The molecule has 0 radical (unpaired) electrons. The highest BCUT2D eigenvalue weighted by Gasteiger charge is 2.33. The Morgan fingerprint density at radius 2 is 1.67 bits per heavy atom. The summed E-state index contributed by atoms with van der Waals surface area (Å²) in [5, 5.41) is 2.28. The topological polar surface area (TPSA) is 83.6 Å². The van der Waals surface area contributed by atoms with Crippen LogP contribution in [0.25, 0.3) is 5.70 Å². The van der Waals surface area contributed by atoms with Crippen LogP contribution in [-0.4, -0.2) is 37.4 Å². The van der Waals surface area contributed by atoms with Gasteiger partial charge in [-0.1, -0.05) is 36.9 Å². The van der Waals surface area contributed by atoms with Gasteiger partial charge in [0.05, 0.1) is 10.6 Å². The number of nitrogens with zero attached hydrogens (tertiary/aromatic N) is 1. The van der Waals surface area contributed by atoms with Crippen LogP contribution in [0.5, 0.6) is 0 Å². The lowest BCUT2D eigenvalue weighted by atomic mass is 10.1. The summed E-state index contributed by atoms with van der Waals surface area (Å²) < 4.78 is 49.2. The van der Waals surface area contributed by atoms with Crippen molar-refractivity contribution in [3.8, 4) is 0 Å². The molecule has 3 rings (SSSR count). The highest BCUT2D eigenvalue weighted by atomic mass is 32.2. The summed E-state index contributed by atoms with van der Waals surface area (Å²) in [5.74, 6) is -4.78. The molecule has 1 aliphatic heterocycles. The third-order valence-electron chi connectivity index (χ3n) is 4.04. The lowest BCUT2D eigenvalue weighted by molar-refractivity contribution is -0.116. The second-order valence-corrected chi connectivity index (χ2v) is 7.62. The van der Waals surface area contributed by atoms with Crippen LogP contribution < -0.4 is 5.32 Å². The molecule has 6 nitrogen and oxygen atoms in total. The molecule has 1 aliphatic rings. The predicted octanol–water partition coefficient (Wildman–Crippen LogP) is 2.75. The summed E-state index contributed by atoms with van der Waals surface area (Å²) in [6.45, 7) is 3.36. The van der Waals surface area contributed by atoms with Crippen molar-refractivity contribution in [2.45, 2.75) is 10.7 Å². The Morgan fingerprint density at radius 1 is 1.07 bits per heavy atom. The van der Waals surface area contributed by atoms with E-state index in [9.17, 15) is 26.8 Å². The molecule has 0 atom stereocenters. The molecule has 0 saturated heterocycles. The Kier molecular flexibility index (Phi) is 4.79. The highest BCUT2D eigenvalue weighted by Crippen LogP contribution is 2.31. The number of alkyl halides is 2. The van der Waals surface area contributed by atoms with Crippen molar-refractivity contribution in [1.29, 1.82) is 0 Å². The summed E-state index contributed by atoms with van der Waals surface area (Å²) >= 11 is 0. The monoisotopic (exact) mass is 392 g/mol. The van der Waals surface area contributed by atoms with E-state index in [1.165, 1.54) is 18.2 Å². The number of sulfone groups is 1. The molecule has 2 aromatic carbocycles. The molecule has 0 fully saturated rings. The molecule has 2 amide bonds. The number of nitrogens with one attached hydrogen (secondary N) is 1. The second kappa shape index (κ2) is 6.92. The second-order valence-electron chi connectivity index (χ2n) is 5.73. The first-order valence-corrected chi connectivity index (χ1v) is 9.29. The van der Waals surface area contributed by atoms with Gasteiger partial charge in [0.25, 0.3) is 5.91 Å². The van der Waals surface area contributed by atoms with E-state index in [-0.39, 0.29) is 5.69 Å². The average Bonchev–Trinajstić information content (AvgIpc) is 2.87. The first-order chi connectivity index (χ1) is 12.7. The maximum Gasteiger partial charge on any atom is 0.341 e. The number of benzene rings is 2. The van der Waals surface area contributed by atoms with Gasteiger partial charge in [-0.25, -0.2) is 8.42 Å². The Balaban J connectivity index is 1.81. The third-order valence-corrected chi connectivity index (χ3v) is 5.48. The Bertz CT molecular complexity index is 1020. The number of carbonyl (C=O) groups is 2. The number of rotatable bonds is 5. The number of halogens is 2. The normalized spacial score (nSPS) is 13.8. The molecule has 1 heterocycles. The van der Waals surface area contributed by atoms with Crippen molar-refractivity contribution in [1.82, 2.24) is 4.90 Å². The highest BCUT2D eigenvalue weighted by molar-refractivity contribution is 7.91.